The lowest BCUT2D eigenvalue weighted by molar-refractivity contribution is 0.287. The van der Waals surface area contributed by atoms with Crippen LogP contribution in [0, 0.1) is 0 Å². The fraction of sp³-hybridized carbons (Fsp3) is 0.368. The zero-order chi connectivity index (χ0) is 16.5. The first kappa shape index (κ1) is 20.6. The molecule has 2 aromatic rings. The van der Waals surface area contributed by atoms with Crippen molar-refractivity contribution in [3.05, 3.63) is 58.6 Å². The highest BCUT2D eigenvalue weighted by atomic mass is 35.5. The zero-order valence-electron chi connectivity index (χ0n) is 14.2. The van der Waals surface area contributed by atoms with E-state index in [1.807, 2.05) is 38.1 Å². The Hall–Kier alpha value is -1.42. The molecule has 0 fully saturated rings. The summed E-state index contributed by atoms with van der Waals surface area (Å²) in [6.45, 7) is 6.94. The Bertz CT molecular complexity index is 603. The number of benzene rings is 2. The summed E-state index contributed by atoms with van der Waals surface area (Å²) in [5.41, 5.74) is 2.47. The lowest BCUT2D eigenvalue weighted by atomic mass is 10.1. The van der Waals surface area contributed by atoms with E-state index < -0.39 is 0 Å². The van der Waals surface area contributed by atoms with Crippen molar-refractivity contribution in [1.29, 1.82) is 0 Å². The molecule has 5 heteroatoms. The lowest BCUT2D eigenvalue weighted by Crippen LogP contribution is -2.16. The largest absolute Gasteiger partial charge is 0.490 e. The molecule has 24 heavy (non-hydrogen) atoms. The van der Waals surface area contributed by atoms with E-state index in [0.29, 0.717) is 13.2 Å². The smallest absolute Gasteiger partial charge is 0.161 e. The van der Waals surface area contributed by atoms with Gasteiger partial charge in [-0.2, -0.15) is 0 Å². The minimum absolute atomic E-state index is 0. The van der Waals surface area contributed by atoms with Gasteiger partial charge in [-0.15, -0.1) is 12.4 Å². The summed E-state index contributed by atoms with van der Waals surface area (Å²) in [5.74, 6) is 1.62. The Kier molecular flexibility index (Phi) is 9.62. The molecule has 0 aliphatic rings. The molecule has 2 rings (SSSR count). The van der Waals surface area contributed by atoms with Crippen molar-refractivity contribution >= 4 is 24.0 Å². The van der Waals surface area contributed by atoms with Crippen molar-refractivity contribution in [1.82, 2.24) is 5.32 Å². The van der Waals surface area contributed by atoms with Gasteiger partial charge in [0, 0.05) is 11.6 Å². The summed E-state index contributed by atoms with van der Waals surface area (Å²) >= 11 is 5.89. The van der Waals surface area contributed by atoms with Gasteiger partial charge in [0.2, 0.25) is 0 Å². The first-order valence-electron chi connectivity index (χ1n) is 8.06. The van der Waals surface area contributed by atoms with Crippen molar-refractivity contribution < 1.29 is 9.47 Å². The molecule has 1 N–H and O–H groups in total. The molecule has 0 aliphatic heterocycles. The predicted molar refractivity (Wildman–Crippen MR) is 103 cm³/mol. The molecule has 3 nitrogen and oxygen atoms in total. The van der Waals surface area contributed by atoms with Crippen LogP contribution in [0.2, 0.25) is 5.02 Å². The van der Waals surface area contributed by atoms with E-state index in [0.717, 1.165) is 36.0 Å². The molecule has 2 aromatic carbocycles. The molecular formula is C19H25Cl2NO2. The maximum absolute atomic E-state index is 5.89. The molecule has 0 radical (unpaired) electrons. The summed E-state index contributed by atoms with van der Waals surface area (Å²) in [7, 11) is 0. The minimum Gasteiger partial charge on any atom is -0.490 e. The zero-order valence-corrected chi connectivity index (χ0v) is 15.8. The highest BCUT2D eigenvalue weighted by Gasteiger charge is 2.06. The van der Waals surface area contributed by atoms with Gasteiger partial charge in [-0.3, -0.25) is 0 Å². The Morgan fingerprint density at radius 1 is 0.875 bits per heavy atom. The fourth-order valence-corrected chi connectivity index (χ4v) is 2.45. The van der Waals surface area contributed by atoms with E-state index >= 15 is 0 Å². The second-order valence-electron chi connectivity index (χ2n) is 5.20. The van der Waals surface area contributed by atoms with Crippen molar-refractivity contribution in [2.75, 3.05) is 19.8 Å². The van der Waals surface area contributed by atoms with Crippen LogP contribution in [0.1, 0.15) is 25.0 Å². The van der Waals surface area contributed by atoms with Gasteiger partial charge in [-0.1, -0.05) is 29.8 Å². The monoisotopic (exact) mass is 369 g/mol. The fourth-order valence-electron chi connectivity index (χ4n) is 2.32. The van der Waals surface area contributed by atoms with Gasteiger partial charge in [0.05, 0.1) is 13.2 Å². The normalized spacial score (nSPS) is 10.1. The molecule has 0 atom stereocenters. The first-order chi connectivity index (χ1) is 11.2. The van der Waals surface area contributed by atoms with Gasteiger partial charge in [0.25, 0.3) is 0 Å². The van der Waals surface area contributed by atoms with Crippen LogP contribution in [0.4, 0.5) is 0 Å². The summed E-state index contributed by atoms with van der Waals surface area (Å²) < 4.78 is 11.2. The van der Waals surface area contributed by atoms with E-state index in [1.165, 1.54) is 11.1 Å². The SMILES string of the molecule is CCOc1ccc(CNCCc2ccc(Cl)cc2)cc1OCC.Cl. The second kappa shape index (κ2) is 11.2. The highest BCUT2D eigenvalue weighted by molar-refractivity contribution is 6.30. The Morgan fingerprint density at radius 2 is 1.50 bits per heavy atom. The standard InChI is InChI=1S/C19H24ClNO2.ClH/c1-3-22-18-10-7-16(13-19(18)23-4-2)14-21-12-11-15-5-8-17(20)9-6-15;/h5-10,13,21H,3-4,11-12,14H2,1-2H3;1H. The summed E-state index contributed by atoms with van der Waals surface area (Å²) in [6, 6.07) is 14.1. The molecular weight excluding hydrogens is 345 g/mol. The van der Waals surface area contributed by atoms with Crippen molar-refractivity contribution in [3.63, 3.8) is 0 Å². The summed E-state index contributed by atoms with van der Waals surface area (Å²) in [5, 5.41) is 4.23. The number of ether oxygens (including phenoxy) is 2. The van der Waals surface area contributed by atoms with E-state index in [-0.39, 0.29) is 12.4 Å². The lowest BCUT2D eigenvalue weighted by Gasteiger charge is -2.13. The summed E-state index contributed by atoms with van der Waals surface area (Å²) in [4.78, 5) is 0. The number of halogens is 2. The maximum atomic E-state index is 5.89. The van der Waals surface area contributed by atoms with Crippen LogP contribution in [-0.4, -0.2) is 19.8 Å². The van der Waals surface area contributed by atoms with Gasteiger partial charge in [0.15, 0.2) is 11.5 Å². The highest BCUT2D eigenvalue weighted by Crippen LogP contribution is 2.28. The third-order valence-electron chi connectivity index (χ3n) is 3.44. The predicted octanol–water partition coefficient (Wildman–Crippen LogP) is 4.89. The molecule has 0 unspecified atom stereocenters. The molecule has 0 heterocycles. The molecule has 0 aliphatic carbocycles. The molecule has 0 aromatic heterocycles. The molecule has 0 saturated heterocycles. The average Bonchev–Trinajstić information content (AvgIpc) is 2.56. The molecule has 132 valence electrons. The number of nitrogens with one attached hydrogen (secondary N) is 1. The number of hydrogen-bond acceptors (Lipinski definition) is 3. The second-order valence-corrected chi connectivity index (χ2v) is 5.64. The van der Waals surface area contributed by atoms with Crippen LogP contribution < -0.4 is 14.8 Å². The van der Waals surface area contributed by atoms with Crippen molar-refractivity contribution in [2.24, 2.45) is 0 Å². The molecule has 0 amide bonds. The quantitative estimate of drug-likeness (QED) is 0.638. The van der Waals surface area contributed by atoms with Crippen LogP contribution in [-0.2, 0) is 13.0 Å². The van der Waals surface area contributed by atoms with Crippen molar-refractivity contribution in [3.8, 4) is 11.5 Å². The van der Waals surface area contributed by atoms with Crippen LogP contribution in [0.5, 0.6) is 11.5 Å². The van der Waals surface area contributed by atoms with E-state index in [1.54, 1.807) is 0 Å². The number of hydrogen-bond donors (Lipinski definition) is 1. The van der Waals surface area contributed by atoms with Gasteiger partial charge < -0.3 is 14.8 Å². The van der Waals surface area contributed by atoms with Crippen molar-refractivity contribution in [2.45, 2.75) is 26.8 Å². The topological polar surface area (TPSA) is 30.5 Å². The Balaban J connectivity index is 0.00000288. The van der Waals surface area contributed by atoms with Gasteiger partial charge in [0.1, 0.15) is 0 Å². The molecule has 0 spiro atoms. The Morgan fingerprint density at radius 3 is 2.17 bits per heavy atom. The third kappa shape index (κ3) is 6.60. The van der Waals surface area contributed by atoms with E-state index in [4.69, 9.17) is 21.1 Å². The van der Waals surface area contributed by atoms with E-state index in [9.17, 15) is 0 Å². The molecule has 0 saturated carbocycles. The minimum atomic E-state index is 0. The average molecular weight is 370 g/mol. The van der Waals surface area contributed by atoms with Crippen LogP contribution >= 0.6 is 24.0 Å². The van der Waals surface area contributed by atoms with Gasteiger partial charge in [-0.05, 0) is 62.2 Å². The van der Waals surface area contributed by atoms with E-state index in [2.05, 4.69) is 23.5 Å². The first-order valence-corrected chi connectivity index (χ1v) is 8.44. The Labute approximate surface area is 155 Å². The maximum Gasteiger partial charge on any atom is 0.161 e. The third-order valence-corrected chi connectivity index (χ3v) is 3.69. The summed E-state index contributed by atoms with van der Waals surface area (Å²) in [6.07, 6.45) is 0.979. The number of rotatable bonds is 9. The van der Waals surface area contributed by atoms with Gasteiger partial charge >= 0.3 is 0 Å². The van der Waals surface area contributed by atoms with Gasteiger partial charge in [-0.25, -0.2) is 0 Å². The van der Waals surface area contributed by atoms with Crippen LogP contribution in [0.3, 0.4) is 0 Å². The van der Waals surface area contributed by atoms with Crippen LogP contribution in [0.25, 0.3) is 0 Å². The molecule has 0 bridgehead atoms. The van der Waals surface area contributed by atoms with Crippen LogP contribution in [0.15, 0.2) is 42.5 Å².